The number of carbonyl (C=O) groups excluding carboxylic acids is 1. The molecular weight excluding hydrogens is 240 g/mol. The molecule has 1 aliphatic rings. The number of piperazine rings is 1. The molecule has 112 valence electrons. The van der Waals surface area contributed by atoms with Crippen LogP contribution in [0.15, 0.2) is 0 Å². The third kappa shape index (κ3) is 4.75. The van der Waals surface area contributed by atoms with Crippen LogP contribution in [-0.2, 0) is 4.79 Å². The molecule has 0 radical (unpaired) electrons. The molecular formula is C14H30N4O. The molecule has 1 amide bonds. The van der Waals surface area contributed by atoms with Gasteiger partial charge in [0.2, 0.25) is 5.91 Å². The van der Waals surface area contributed by atoms with Crippen LogP contribution in [0, 0.1) is 0 Å². The van der Waals surface area contributed by atoms with Crippen LogP contribution in [0.1, 0.15) is 27.7 Å². The molecule has 1 fully saturated rings. The lowest BCUT2D eigenvalue weighted by Gasteiger charge is -2.39. The second-order valence-corrected chi connectivity index (χ2v) is 6.13. The summed E-state index contributed by atoms with van der Waals surface area (Å²) in [6.07, 6.45) is 0. The van der Waals surface area contributed by atoms with Crippen LogP contribution >= 0.6 is 0 Å². The lowest BCUT2D eigenvalue weighted by atomic mass is 10.0. The largest absolute Gasteiger partial charge is 0.353 e. The van der Waals surface area contributed by atoms with Gasteiger partial charge in [-0.15, -0.1) is 0 Å². The Hall–Kier alpha value is -0.650. The molecule has 1 heterocycles. The van der Waals surface area contributed by atoms with E-state index in [-0.39, 0.29) is 5.91 Å². The Morgan fingerprint density at radius 2 is 1.95 bits per heavy atom. The molecule has 0 aromatic rings. The maximum atomic E-state index is 12.3. The molecule has 0 saturated carbocycles. The molecule has 5 nitrogen and oxygen atoms in total. The summed E-state index contributed by atoms with van der Waals surface area (Å²) in [7, 11) is 2.08. The first kappa shape index (κ1) is 16.4. The van der Waals surface area contributed by atoms with Crippen LogP contribution in [-0.4, -0.2) is 73.6 Å². The lowest BCUT2D eigenvalue weighted by molar-refractivity contribution is -0.132. The first-order chi connectivity index (χ1) is 8.85. The van der Waals surface area contributed by atoms with E-state index in [0.29, 0.717) is 12.6 Å². The van der Waals surface area contributed by atoms with Gasteiger partial charge in [-0.3, -0.25) is 9.69 Å². The van der Waals surface area contributed by atoms with Crippen molar-refractivity contribution < 1.29 is 4.79 Å². The van der Waals surface area contributed by atoms with Crippen molar-refractivity contribution in [2.45, 2.75) is 39.3 Å². The highest BCUT2D eigenvalue weighted by atomic mass is 16.2. The summed E-state index contributed by atoms with van der Waals surface area (Å²) in [5.41, 5.74) is -0.418. The van der Waals surface area contributed by atoms with Crippen molar-refractivity contribution in [2.24, 2.45) is 0 Å². The second kappa shape index (κ2) is 7.22. The molecule has 1 saturated heterocycles. The van der Waals surface area contributed by atoms with Crippen molar-refractivity contribution in [3.8, 4) is 0 Å². The molecule has 0 aromatic heterocycles. The van der Waals surface area contributed by atoms with E-state index in [2.05, 4.69) is 41.3 Å². The molecule has 2 N–H and O–H groups in total. The quantitative estimate of drug-likeness (QED) is 0.720. The number of rotatable bonds is 6. The smallest absolute Gasteiger partial charge is 0.239 e. The first-order valence-electron chi connectivity index (χ1n) is 7.30. The summed E-state index contributed by atoms with van der Waals surface area (Å²) in [5, 5.41) is 6.38. The summed E-state index contributed by atoms with van der Waals surface area (Å²) < 4.78 is 0. The van der Waals surface area contributed by atoms with E-state index in [1.54, 1.807) is 0 Å². The van der Waals surface area contributed by atoms with E-state index in [9.17, 15) is 4.79 Å². The molecule has 1 rings (SSSR count). The van der Waals surface area contributed by atoms with E-state index < -0.39 is 5.54 Å². The van der Waals surface area contributed by atoms with Crippen molar-refractivity contribution >= 4 is 5.91 Å². The van der Waals surface area contributed by atoms with Gasteiger partial charge in [-0.25, -0.2) is 0 Å². The molecule has 0 aliphatic carbocycles. The molecule has 0 spiro atoms. The number of carbonyl (C=O) groups is 1. The normalized spacial score (nSPS) is 18.1. The number of nitrogens with one attached hydrogen (secondary N) is 2. The second-order valence-electron chi connectivity index (χ2n) is 6.13. The van der Waals surface area contributed by atoms with Crippen molar-refractivity contribution in [1.29, 1.82) is 0 Å². The van der Waals surface area contributed by atoms with Crippen LogP contribution in [0.2, 0.25) is 0 Å². The number of hydrogen-bond donors (Lipinski definition) is 2. The number of likely N-dealkylation sites (N-methyl/N-ethyl adjacent to an activating group) is 1. The highest BCUT2D eigenvalue weighted by Gasteiger charge is 2.34. The maximum absolute atomic E-state index is 12.3. The SMILES string of the molecule is CC(C)N(C)CCNC(=O)C(C)(C)N1CCNCC1. The van der Waals surface area contributed by atoms with Gasteiger partial charge in [0.15, 0.2) is 0 Å². The summed E-state index contributed by atoms with van der Waals surface area (Å²) in [6.45, 7) is 13.8. The fourth-order valence-electron chi connectivity index (χ4n) is 2.19. The zero-order chi connectivity index (χ0) is 14.5. The van der Waals surface area contributed by atoms with Gasteiger partial charge in [0.1, 0.15) is 0 Å². The average Bonchev–Trinajstić information content (AvgIpc) is 2.39. The summed E-state index contributed by atoms with van der Waals surface area (Å²) >= 11 is 0. The Bertz CT molecular complexity index is 285. The van der Waals surface area contributed by atoms with Crippen LogP contribution in [0.3, 0.4) is 0 Å². The van der Waals surface area contributed by atoms with Crippen LogP contribution in [0.5, 0.6) is 0 Å². The number of nitrogens with zero attached hydrogens (tertiary/aromatic N) is 2. The van der Waals surface area contributed by atoms with E-state index in [4.69, 9.17) is 0 Å². The van der Waals surface area contributed by atoms with E-state index in [1.165, 1.54) is 0 Å². The Morgan fingerprint density at radius 1 is 1.37 bits per heavy atom. The number of hydrogen-bond acceptors (Lipinski definition) is 4. The Kier molecular flexibility index (Phi) is 6.23. The van der Waals surface area contributed by atoms with E-state index in [1.807, 2.05) is 13.8 Å². The Balaban J connectivity index is 2.38. The highest BCUT2D eigenvalue weighted by molar-refractivity contribution is 5.85. The fourth-order valence-corrected chi connectivity index (χ4v) is 2.19. The fraction of sp³-hybridized carbons (Fsp3) is 0.929. The van der Waals surface area contributed by atoms with Gasteiger partial charge in [0.25, 0.3) is 0 Å². The predicted octanol–water partition coefficient (Wildman–Crippen LogP) is 0.127. The van der Waals surface area contributed by atoms with E-state index in [0.717, 1.165) is 32.7 Å². The third-order valence-corrected chi connectivity index (χ3v) is 4.09. The summed E-state index contributed by atoms with van der Waals surface area (Å²) in [5.74, 6) is 0.131. The first-order valence-corrected chi connectivity index (χ1v) is 7.30. The predicted molar refractivity (Wildman–Crippen MR) is 79.3 cm³/mol. The van der Waals surface area contributed by atoms with Crippen molar-refractivity contribution in [3.05, 3.63) is 0 Å². The minimum Gasteiger partial charge on any atom is -0.353 e. The van der Waals surface area contributed by atoms with Crippen LogP contribution in [0.25, 0.3) is 0 Å². The van der Waals surface area contributed by atoms with Gasteiger partial charge in [-0.2, -0.15) is 0 Å². The summed E-state index contributed by atoms with van der Waals surface area (Å²) in [6, 6.07) is 0.512. The molecule has 5 heteroatoms. The van der Waals surface area contributed by atoms with Gasteiger partial charge in [-0.05, 0) is 34.7 Å². The zero-order valence-electron chi connectivity index (χ0n) is 13.1. The van der Waals surface area contributed by atoms with Gasteiger partial charge in [0, 0.05) is 45.3 Å². The van der Waals surface area contributed by atoms with Crippen LogP contribution in [0.4, 0.5) is 0 Å². The highest BCUT2D eigenvalue weighted by Crippen LogP contribution is 2.15. The topological polar surface area (TPSA) is 47.6 Å². The number of amides is 1. The van der Waals surface area contributed by atoms with Gasteiger partial charge >= 0.3 is 0 Å². The average molecular weight is 270 g/mol. The van der Waals surface area contributed by atoms with Gasteiger partial charge in [0.05, 0.1) is 5.54 Å². The van der Waals surface area contributed by atoms with Crippen LogP contribution < -0.4 is 10.6 Å². The monoisotopic (exact) mass is 270 g/mol. The van der Waals surface area contributed by atoms with E-state index >= 15 is 0 Å². The van der Waals surface area contributed by atoms with Crippen molar-refractivity contribution in [3.63, 3.8) is 0 Å². The molecule has 0 atom stereocenters. The molecule has 0 aromatic carbocycles. The van der Waals surface area contributed by atoms with Gasteiger partial charge in [-0.1, -0.05) is 0 Å². The molecule has 0 unspecified atom stereocenters. The minimum absolute atomic E-state index is 0.131. The Labute approximate surface area is 117 Å². The molecule has 19 heavy (non-hydrogen) atoms. The Morgan fingerprint density at radius 3 is 2.47 bits per heavy atom. The standard InChI is InChI=1S/C14H30N4O/c1-12(2)17(5)9-8-16-13(19)14(3,4)18-10-6-15-7-11-18/h12,15H,6-11H2,1-5H3,(H,16,19). The zero-order valence-corrected chi connectivity index (χ0v) is 13.1. The molecule has 1 aliphatic heterocycles. The van der Waals surface area contributed by atoms with Crippen molar-refractivity contribution in [2.75, 3.05) is 46.3 Å². The summed E-state index contributed by atoms with van der Waals surface area (Å²) in [4.78, 5) is 16.8. The van der Waals surface area contributed by atoms with Crippen molar-refractivity contribution in [1.82, 2.24) is 20.4 Å². The third-order valence-electron chi connectivity index (χ3n) is 4.09. The maximum Gasteiger partial charge on any atom is 0.239 e. The molecule has 0 bridgehead atoms. The van der Waals surface area contributed by atoms with Gasteiger partial charge < -0.3 is 15.5 Å². The lowest BCUT2D eigenvalue weighted by Crippen LogP contribution is -2.60. The minimum atomic E-state index is -0.418.